The van der Waals surface area contributed by atoms with Crippen LogP contribution in [0, 0.1) is 6.92 Å². The number of amides is 2. The minimum atomic E-state index is -0.236. The largest absolute Gasteiger partial charge is 0.354 e. The predicted molar refractivity (Wildman–Crippen MR) is 119 cm³/mol. The minimum Gasteiger partial charge on any atom is -0.354 e. The van der Waals surface area contributed by atoms with E-state index in [-0.39, 0.29) is 17.9 Å². The van der Waals surface area contributed by atoms with Crippen molar-refractivity contribution >= 4 is 34.1 Å². The molecule has 30 heavy (non-hydrogen) atoms. The third-order valence-corrected chi connectivity index (χ3v) is 5.88. The maximum atomic E-state index is 12.6. The average Bonchev–Trinajstić information content (AvgIpc) is 3.34. The highest BCUT2D eigenvalue weighted by Crippen LogP contribution is 2.30. The van der Waals surface area contributed by atoms with Crippen molar-refractivity contribution < 1.29 is 9.59 Å². The molecule has 1 unspecified atom stereocenters. The molecule has 1 aliphatic rings. The number of nitrogens with one attached hydrogen (secondary N) is 2. The Kier molecular flexibility index (Phi) is 5.76. The second kappa shape index (κ2) is 8.62. The summed E-state index contributed by atoms with van der Waals surface area (Å²) in [7, 11) is 0. The Morgan fingerprint density at radius 3 is 2.67 bits per heavy atom. The van der Waals surface area contributed by atoms with Gasteiger partial charge in [-0.15, -0.1) is 11.3 Å². The van der Waals surface area contributed by atoms with E-state index in [1.54, 1.807) is 12.3 Å². The SMILES string of the molecule is CC(=O)NC1CCN(c2ccc(C(=O)Nc3nc(-c4ccccc4)c(C)s3)cn2)C1. The van der Waals surface area contributed by atoms with Crippen molar-refractivity contribution in [1.82, 2.24) is 15.3 Å². The lowest BCUT2D eigenvalue weighted by Gasteiger charge is -2.17. The number of aryl methyl sites for hydroxylation is 1. The van der Waals surface area contributed by atoms with E-state index in [0.29, 0.717) is 10.7 Å². The van der Waals surface area contributed by atoms with E-state index < -0.39 is 0 Å². The van der Waals surface area contributed by atoms with Gasteiger partial charge >= 0.3 is 0 Å². The number of nitrogens with zero attached hydrogens (tertiary/aromatic N) is 3. The predicted octanol–water partition coefficient (Wildman–Crippen LogP) is 3.48. The summed E-state index contributed by atoms with van der Waals surface area (Å²) in [6, 6.07) is 13.7. The summed E-state index contributed by atoms with van der Waals surface area (Å²) in [5, 5.41) is 6.38. The van der Waals surface area contributed by atoms with E-state index in [4.69, 9.17) is 0 Å². The first-order valence-electron chi connectivity index (χ1n) is 9.82. The monoisotopic (exact) mass is 421 g/mol. The Labute approximate surface area is 179 Å². The van der Waals surface area contributed by atoms with Crippen LogP contribution >= 0.6 is 11.3 Å². The van der Waals surface area contributed by atoms with Crippen LogP contribution in [-0.2, 0) is 4.79 Å². The van der Waals surface area contributed by atoms with Crippen molar-refractivity contribution in [3.05, 3.63) is 59.1 Å². The summed E-state index contributed by atoms with van der Waals surface area (Å²) in [6.07, 6.45) is 2.46. The van der Waals surface area contributed by atoms with Crippen LogP contribution in [0.3, 0.4) is 0 Å². The van der Waals surface area contributed by atoms with Crippen LogP contribution in [0.5, 0.6) is 0 Å². The minimum absolute atomic E-state index is 0.0188. The number of hydrogen-bond donors (Lipinski definition) is 2. The molecular formula is C22H23N5O2S. The van der Waals surface area contributed by atoms with Crippen molar-refractivity contribution in [2.24, 2.45) is 0 Å². The molecule has 4 rings (SSSR count). The molecule has 154 valence electrons. The standard InChI is InChI=1S/C22H23N5O2S/c1-14-20(16-6-4-3-5-7-16)25-22(30-14)26-21(29)17-8-9-19(23-12-17)27-11-10-18(13-27)24-15(2)28/h3-9,12,18H,10-11,13H2,1-2H3,(H,24,28)(H,25,26,29). The van der Waals surface area contributed by atoms with E-state index in [9.17, 15) is 9.59 Å². The highest BCUT2D eigenvalue weighted by atomic mass is 32.1. The van der Waals surface area contributed by atoms with Crippen molar-refractivity contribution in [3.63, 3.8) is 0 Å². The molecule has 0 radical (unpaired) electrons. The van der Waals surface area contributed by atoms with Gasteiger partial charge in [-0.3, -0.25) is 14.9 Å². The topological polar surface area (TPSA) is 87.2 Å². The molecule has 0 aliphatic carbocycles. The number of thiazole rings is 1. The number of rotatable bonds is 5. The summed E-state index contributed by atoms with van der Waals surface area (Å²) < 4.78 is 0. The van der Waals surface area contributed by atoms with Gasteiger partial charge in [-0.1, -0.05) is 30.3 Å². The van der Waals surface area contributed by atoms with Crippen LogP contribution in [0.1, 0.15) is 28.6 Å². The Morgan fingerprint density at radius 1 is 1.17 bits per heavy atom. The molecule has 1 fully saturated rings. The molecule has 2 N–H and O–H groups in total. The maximum absolute atomic E-state index is 12.6. The van der Waals surface area contributed by atoms with Crippen molar-refractivity contribution in [2.75, 3.05) is 23.3 Å². The number of carbonyl (C=O) groups excluding carboxylic acids is 2. The molecule has 2 amide bonds. The molecule has 0 saturated carbocycles. The molecule has 1 aromatic carbocycles. The molecule has 7 nitrogen and oxygen atoms in total. The first-order chi connectivity index (χ1) is 14.5. The zero-order valence-corrected chi connectivity index (χ0v) is 17.7. The quantitative estimate of drug-likeness (QED) is 0.659. The summed E-state index contributed by atoms with van der Waals surface area (Å²) >= 11 is 1.45. The van der Waals surface area contributed by atoms with Crippen LogP contribution in [0.15, 0.2) is 48.7 Å². The Hall–Kier alpha value is -3.26. The van der Waals surface area contributed by atoms with Crippen LogP contribution < -0.4 is 15.5 Å². The van der Waals surface area contributed by atoms with Gasteiger partial charge in [0.25, 0.3) is 5.91 Å². The van der Waals surface area contributed by atoms with Crippen LogP contribution in [0.4, 0.5) is 10.9 Å². The Morgan fingerprint density at radius 2 is 1.97 bits per heavy atom. The summed E-state index contributed by atoms with van der Waals surface area (Å²) in [5.41, 5.74) is 2.39. The third-order valence-electron chi connectivity index (χ3n) is 4.99. The normalized spacial score (nSPS) is 15.8. The fraction of sp³-hybridized carbons (Fsp3) is 0.273. The number of carbonyl (C=O) groups is 2. The lowest BCUT2D eigenvalue weighted by Crippen LogP contribution is -2.35. The van der Waals surface area contributed by atoms with Gasteiger partial charge < -0.3 is 10.2 Å². The summed E-state index contributed by atoms with van der Waals surface area (Å²) in [5.74, 6) is 0.547. The van der Waals surface area contributed by atoms with Gasteiger partial charge in [0.1, 0.15) is 5.82 Å². The van der Waals surface area contributed by atoms with Crippen molar-refractivity contribution in [1.29, 1.82) is 0 Å². The molecule has 8 heteroatoms. The smallest absolute Gasteiger partial charge is 0.259 e. The van der Waals surface area contributed by atoms with Gasteiger partial charge in [0.2, 0.25) is 5.91 Å². The van der Waals surface area contributed by atoms with Crippen molar-refractivity contribution in [2.45, 2.75) is 26.3 Å². The molecule has 1 aliphatic heterocycles. The second-order valence-electron chi connectivity index (χ2n) is 7.28. The van der Waals surface area contributed by atoms with Gasteiger partial charge in [-0.25, -0.2) is 9.97 Å². The van der Waals surface area contributed by atoms with Gasteiger partial charge in [0.15, 0.2) is 5.13 Å². The van der Waals surface area contributed by atoms with Crippen molar-refractivity contribution in [3.8, 4) is 11.3 Å². The zero-order valence-electron chi connectivity index (χ0n) is 16.9. The number of benzene rings is 1. The molecule has 3 aromatic rings. The lowest BCUT2D eigenvalue weighted by molar-refractivity contribution is -0.119. The molecule has 1 atom stereocenters. The first kappa shape index (κ1) is 20.0. The van der Waals surface area contributed by atoms with E-state index in [0.717, 1.165) is 41.5 Å². The number of pyridine rings is 1. The van der Waals surface area contributed by atoms with E-state index in [1.807, 2.05) is 43.3 Å². The van der Waals surface area contributed by atoms with Crippen LogP contribution in [0.2, 0.25) is 0 Å². The zero-order chi connectivity index (χ0) is 21.1. The molecule has 1 saturated heterocycles. The molecule has 0 bridgehead atoms. The summed E-state index contributed by atoms with van der Waals surface area (Å²) in [4.78, 5) is 36.0. The van der Waals surface area contributed by atoms with Crippen LogP contribution in [-0.4, -0.2) is 40.9 Å². The maximum Gasteiger partial charge on any atom is 0.259 e. The Bertz CT molecular complexity index is 1050. The van der Waals surface area contributed by atoms with Crippen LogP contribution in [0.25, 0.3) is 11.3 Å². The Balaban J connectivity index is 1.41. The average molecular weight is 422 g/mol. The second-order valence-corrected chi connectivity index (χ2v) is 8.48. The number of aromatic nitrogens is 2. The third kappa shape index (κ3) is 4.49. The van der Waals surface area contributed by atoms with Gasteiger partial charge in [-0.05, 0) is 25.5 Å². The number of hydrogen-bond acceptors (Lipinski definition) is 6. The lowest BCUT2D eigenvalue weighted by atomic mass is 10.1. The highest BCUT2D eigenvalue weighted by Gasteiger charge is 2.24. The summed E-state index contributed by atoms with van der Waals surface area (Å²) in [6.45, 7) is 5.07. The molecule has 3 heterocycles. The first-order valence-corrected chi connectivity index (χ1v) is 10.6. The fourth-order valence-corrected chi connectivity index (χ4v) is 4.39. The van der Waals surface area contributed by atoms with E-state index in [1.165, 1.54) is 18.3 Å². The number of anilines is 2. The molecule has 2 aromatic heterocycles. The van der Waals surface area contributed by atoms with Gasteiger partial charge in [-0.2, -0.15) is 0 Å². The molecular weight excluding hydrogens is 398 g/mol. The highest BCUT2D eigenvalue weighted by molar-refractivity contribution is 7.16. The van der Waals surface area contributed by atoms with E-state index in [2.05, 4.69) is 25.5 Å². The van der Waals surface area contributed by atoms with Gasteiger partial charge in [0.05, 0.1) is 11.3 Å². The molecule has 0 spiro atoms. The fourth-order valence-electron chi connectivity index (χ4n) is 3.56. The van der Waals surface area contributed by atoms with Gasteiger partial charge in [0, 0.05) is 42.7 Å². The van der Waals surface area contributed by atoms with E-state index >= 15 is 0 Å².